The third-order valence-corrected chi connectivity index (χ3v) is 10.2. The fraction of sp³-hybridized carbons (Fsp3) is 0.952. The summed E-state index contributed by atoms with van der Waals surface area (Å²) in [7, 11) is -4.75. The highest BCUT2D eigenvalue weighted by molar-refractivity contribution is 7.46. The summed E-state index contributed by atoms with van der Waals surface area (Å²) in [4.78, 5) is 42.9. The van der Waals surface area contributed by atoms with Crippen molar-refractivity contribution < 1.29 is 37.9 Å². The van der Waals surface area contributed by atoms with Gasteiger partial charge in [-0.1, -0.05) is 201 Å². The zero-order valence-electron chi connectivity index (χ0n) is 33.9. The van der Waals surface area contributed by atoms with Gasteiger partial charge >= 0.3 is 19.8 Å². The Balaban J connectivity index is 3.86. The van der Waals surface area contributed by atoms with E-state index in [1.54, 1.807) is 0 Å². The molecule has 8 nitrogen and oxygen atoms in total. The number of hydrogen-bond donors (Lipinski definition) is 2. The van der Waals surface area contributed by atoms with E-state index < -0.39 is 32.5 Å². The van der Waals surface area contributed by atoms with Gasteiger partial charge in [0.2, 0.25) is 0 Å². The quantitative estimate of drug-likeness (QED) is 0.0362. The average molecular weight is 747 g/mol. The SMILES string of the molecule is CC(C)CCCCCCCCCCCCCCCCC(=O)O[C@H](COC(=O)CCCCCCCCCCCCCCCC(C)C)COP(=O)(O)O. The van der Waals surface area contributed by atoms with E-state index in [-0.39, 0.29) is 19.4 Å². The fourth-order valence-electron chi connectivity index (χ4n) is 6.51. The maximum absolute atomic E-state index is 12.4. The van der Waals surface area contributed by atoms with Crippen molar-refractivity contribution in [3.8, 4) is 0 Å². The predicted molar refractivity (Wildman–Crippen MR) is 212 cm³/mol. The van der Waals surface area contributed by atoms with E-state index in [9.17, 15) is 14.2 Å². The van der Waals surface area contributed by atoms with Crippen molar-refractivity contribution in [2.45, 2.75) is 233 Å². The van der Waals surface area contributed by atoms with Crippen LogP contribution >= 0.6 is 7.82 Å². The van der Waals surface area contributed by atoms with E-state index in [1.807, 2.05) is 0 Å². The number of phosphoric acid groups is 1. The zero-order valence-corrected chi connectivity index (χ0v) is 34.8. The summed E-state index contributed by atoms with van der Waals surface area (Å²) >= 11 is 0. The summed E-state index contributed by atoms with van der Waals surface area (Å²) in [6, 6.07) is 0. The molecule has 0 spiro atoms. The van der Waals surface area contributed by atoms with E-state index in [1.165, 1.54) is 148 Å². The molecule has 0 saturated carbocycles. The van der Waals surface area contributed by atoms with Crippen LogP contribution < -0.4 is 0 Å². The second-order valence-electron chi connectivity index (χ2n) is 16.0. The van der Waals surface area contributed by atoms with Crippen molar-refractivity contribution in [2.24, 2.45) is 11.8 Å². The lowest BCUT2D eigenvalue weighted by Gasteiger charge is -2.18. The first-order valence-corrected chi connectivity index (χ1v) is 23.1. The van der Waals surface area contributed by atoms with Crippen LogP contribution in [0.5, 0.6) is 0 Å². The lowest BCUT2D eigenvalue weighted by molar-refractivity contribution is -0.161. The van der Waals surface area contributed by atoms with Crippen LogP contribution in [0.15, 0.2) is 0 Å². The highest BCUT2D eigenvalue weighted by atomic mass is 31.2. The lowest BCUT2D eigenvalue weighted by atomic mass is 10.0. The van der Waals surface area contributed by atoms with E-state index in [0.29, 0.717) is 6.42 Å². The van der Waals surface area contributed by atoms with Crippen LogP contribution in [0.2, 0.25) is 0 Å². The molecule has 9 heteroatoms. The van der Waals surface area contributed by atoms with Crippen LogP contribution in [0, 0.1) is 11.8 Å². The molecule has 0 aromatic heterocycles. The molecule has 0 aromatic carbocycles. The van der Waals surface area contributed by atoms with Crippen LogP contribution in [0.1, 0.15) is 227 Å². The maximum Gasteiger partial charge on any atom is 0.469 e. The Hall–Kier alpha value is -0.950. The minimum Gasteiger partial charge on any atom is -0.462 e. The van der Waals surface area contributed by atoms with Gasteiger partial charge in [0.1, 0.15) is 6.61 Å². The Morgan fingerprint density at radius 2 is 0.745 bits per heavy atom. The van der Waals surface area contributed by atoms with Gasteiger partial charge in [-0.15, -0.1) is 0 Å². The van der Waals surface area contributed by atoms with Crippen molar-refractivity contribution in [2.75, 3.05) is 13.2 Å². The topological polar surface area (TPSA) is 119 Å². The molecule has 0 aliphatic heterocycles. The molecule has 0 fully saturated rings. The largest absolute Gasteiger partial charge is 0.469 e. The number of unbranched alkanes of at least 4 members (excludes halogenated alkanes) is 25. The molecular formula is C42H83O8P. The molecule has 51 heavy (non-hydrogen) atoms. The Kier molecular flexibility index (Phi) is 35.4. The summed E-state index contributed by atoms with van der Waals surface area (Å²) in [6.07, 6.45) is 35.4. The fourth-order valence-corrected chi connectivity index (χ4v) is 6.87. The van der Waals surface area contributed by atoms with E-state index >= 15 is 0 Å². The normalized spacial score (nSPS) is 12.5. The molecule has 0 aliphatic rings. The van der Waals surface area contributed by atoms with Crippen LogP contribution in [0.25, 0.3) is 0 Å². The zero-order chi connectivity index (χ0) is 37.8. The van der Waals surface area contributed by atoms with Gasteiger partial charge in [0.25, 0.3) is 0 Å². The lowest BCUT2D eigenvalue weighted by Crippen LogP contribution is -2.29. The molecule has 0 aliphatic carbocycles. The molecule has 304 valence electrons. The van der Waals surface area contributed by atoms with Crippen molar-refractivity contribution in [3.05, 3.63) is 0 Å². The number of carbonyl (C=O) groups excluding carboxylic acids is 2. The molecule has 0 radical (unpaired) electrons. The first kappa shape index (κ1) is 50.1. The van der Waals surface area contributed by atoms with E-state index in [4.69, 9.17) is 19.3 Å². The minimum absolute atomic E-state index is 0.219. The van der Waals surface area contributed by atoms with Crippen LogP contribution in [-0.2, 0) is 28.2 Å². The number of hydrogen-bond acceptors (Lipinski definition) is 6. The molecule has 2 N–H and O–H groups in total. The smallest absolute Gasteiger partial charge is 0.462 e. The van der Waals surface area contributed by atoms with Crippen LogP contribution in [-0.4, -0.2) is 41.0 Å². The van der Waals surface area contributed by atoms with E-state index in [2.05, 4.69) is 32.2 Å². The Bertz CT molecular complexity index is 828. The van der Waals surface area contributed by atoms with Crippen molar-refractivity contribution in [1.82, 2.24) is 0 Å². The number of phosphoric ester groups is 1. The molecule has 0 rings (SSSR count). The molecule has 0 bridgehead atoms. The Labute approximate surface area is 315 Å². The second kappa shape index (κ2) is 36.0. The maximum atomic E-state index is 12.4. The summed E-state index contributed by atoms with van der Waals surface area (Å²) in [5.41, 5.74) is 0. The van der Waals surface area contributed by atoms with Crippen LogP contribution in [0.3, 0.4) is 0 Å². The number of rotatable bonds is 39. The molecule has 0 amide bonds. The van der Waals surface area contributed by atoms with Gasteiger partial charge in [0, 0.05) is 12.8 Å². The van der Waals surface area contributed by atoms with Crippen molar-refractivity contribution >= 4 is 19.8 Å². The first-order valence-electron chi connectivity index (χ1n) is 21.5. The number of carbonyl (C=O) groups is 2. The van der Waals surface area contributed by atoms with Gasteiger partial charge in [-0.3, -0.25) is 14.1 Å². The highest BCUT2D eigenvalue weighted by Gasteiger charge is 2.23. The van der Waals surface area contributed by atoms with E-state index in [0.717, 1.165) is 43.9 Å². The van der Waals surface area contributed by atoms with Crippen molar-refractivity contribution in [1.29, 1.82) is 0 Å². The molecule has 0 unspecified atom stereocenters. The first-order chi connectivity index (χ1) is 24.5. The van der Waals surface area contributed by atoms with Gasteiger partial charge in [-0.2, -0.15) is 0 Å². The summed E-state index contributed by atoms with van der Waals surface area (Å²) in [5, 5.41) is 0. The molecule has 0 aromatic rings. The predicted octanol–water partition coefficient (Wildman–Crippen LogP) is 13.0. The van der Waals surface area contributed by atoms with Gasteiger partial charge in [-0.25, -0.2) is 4.57 Å². The van der Waals surface area contributed by atoms with Crippen LogP contribution in [0.4, 0.5) is 0 Å². The minimum atomic E-state index is -4.75. The molecule has 0 heterocycles. The summed E-state index contributed by atoms with van der Waals surface area (Å²) < 4.78 is 26.4. The van der Waals surface area contributed by atoms with Gasteiger partial charge in [0.15, 0.2) is 6.10 Å². The third-order valence-electron chi connectivity index (χ3n) is 9.73. The molecule has 1 atom stereocenters. The second-order valence-corrected chi connectivity index (χ2v) is 17.2. The molecule has 0 saturated heterocycles. The van der Waals surface area contributed by atoms with Gasteiger partial charge in [0.05, 0.1) is 6.61 Å². The number of esters is 2. The standard InChI is InChI=1S/C42H83O8P/c1-38(2)32-28-24-20-16-12-8-5-6-10-15-19-23-27-31-35-42(44)50-40(37-49-51(45,46)47)36-48-41(43)34-30-26-22-18-14-11-7-9-13-17-21-25-29-33-39(3)4/h38-40H,5-37H2,1-4H3,(H2,45,46,47)/t40-/m1/s1. The number of ether oxygens (including phenoxy) is 2. The highest BCUT2D eigenvalue weighted by Crippen LogP contribution is 2.36. The third kappa shape index (κ3) is 41.7. The van der Waals surface area contributed by atoms with Gasteiger partial charge in [-0.05, 0) is 24.7 Å². The molecular weight excluding hydrogens is 663 g/mol. The average Bonchev–Trinajstić information content (AvgIpc) is 3.06. The Morgan fingerprint density at radius 3 is 1.06 bits per heavy atom. The Morgan fingerprint density at radius 1 is 0.451 bits per heavy atom. The van der Waals surface area contributed by atoms with Gasteiger partial charge < -0.3 is 19.3 Å². The van der Waals surface area contributed by atoms with Crippen molar-refractivity contribution in [3.63, 3.8) is 0 Å². The summed E-state index contributed by atoms with van der Waals surface area (Å²) in [6.45, 7) is 8.40. The monoisotopic (exact) mass is 747 g/mol. The summed E-state index contributed by atoms with van der Waals surface area (Å²) in [5.74, 6) is 0.788.